The third kappa shape index (κ3) is 3.66. The van der Waals surface area contributed by atoms with E-state index in [4.69, 9.17) is 8.83 Å². The second-order valence-electron chi connectivity index (χ2n) is 6.29. The first-order valence-electron chi connectivity index (χ1n) is 8.57. The third-order valence-electron chi connectivity index (χ3n) is 4.35. The van der Waals surface area contributed by atoms with Crippen LogP contribution >= 0.6 is 11.3 Å². The number of nitrogens with zero attached hydrogens (tertiary/aromatic N) is 2. The van der Waals surface area contributed by atoms with Crippen molar-refractivity contribution in [2.75, 3.05) is 6.54 Å². The van der Waals surface area contributed by atoms with Gasteiger partial charge in [0.1, 0.15) is 5.76 Å². The van der Waals surface area contributed by atoms with Crippen molar-refractivity contribution in [3.05, 3.63) is 80.9 Å². The molecule has 3 aromatic heterocycles. The fourth-order valence-electron chi connectivity index (χ4n) is 3.09. The van der Waals surface area contributed by atoms with Crippen molar-refractivity contribution < 1.29 is 8.83 Å². The molecule has 134 valence electrons. The van der Waals surface area contributed by atoms with Crippen molar-refractivity contribution in [1.29, 1.82) is 0 Å². The first-order valence-corrected chi connectivity index (χ1v) is 9.39. The van der Waals surface area contributed by atoms with Crippen molar-refractivity contribution >= 4 is 22.4 Å². The summed E-state index contributed by atoms with van der Waals surface area (Å²) >= 11 is 1.80. The second kappa shape index (κ2) is 7.35. The smallest absolute Gasteiger partial charge is 0.419 e. The van der Waals surface area contributed by atoms with Crippen molar-refractivity contribution in [2.24, 2.45) is 0 Å². The van der Waals surface area contributed by atoms with Gasteiger partial charge in [0.15, 0.2) is 5.58 Å². The summed E-state index contributed by atoms with van der Waals surface area (Å²) in [6.07, 6.45) is 1.69. The van der Waals surface area contributed by atoms with Crippen molar-refractivity contribution in [3.63, 3.8) is 0 Å². The molecule has 0 radical (unpaired) electrons. The van der Waals surface area contributed by atoms with E-state index in [1.165, 1.54) is 9.75 Å². The van der Waals surface area contributed by atoms with Crippen LogP contribution in [0.3, 0.4) is 0 Å². The SMILES string of the molecule is Cc1ccc(CN(CCn2c(=O)oc3ccccc32)Cc2ccco2)s1. The Morgan fingerprint density at radius 3 is 2.73 bits per heavy atom. The molecule has 0 saturated heterocycles. The molecule has 3 heterocycles. The number of hydrogen-bond acceptors (Lipinski definition) is 5. The van der Waals surface area contributed by atoms with Crippen LogP contribution in [0.15, 0.2) is 68.4 Å². The fourth-order valence-corrected chi connectivity index (χ4v) is 4.03. The molecular formula is C20H20N2O3S. The maximum absolute atomic E-state index is 12.2. The van der Waals surface area contributed by atoms with E-state index in [-0.39, 0.29) is 5.76 Å². The Bertz CT molecular complexity index is 1040. The standard InChI is InChI=1S/C20H20N2O3S/c1-15-8-9-17(26-15)14-21(13-16-5-4-12-24-16)10-11-22-18-6-2-3-7-19(18)25-20(22)23/h2-9,12H,10-11,13-14H2,1H3. The van der Waals surface area contributed by atoms with Gasteiger partial charge in [0.2, 0.25) is 0 Å². The van der Waals surface area contributed by atoms with Crippen LogP contribution < -0.4 is 5.76 Å². The lowest BCUT2D eigenvalue weighted by molar-refractivity contribution is 0.227. The maximum Gasteiger partial charge on any atom is 0.419 e. The highest BCUT2D eigenvalue weighted by atomic mass is 32.1. The lowest BCUT2D eigenvalue weighted by Crippen LogP contribution is -2.29. The molecule has 0 saturated carbocycles. The molecule has 4 aromatic rings. The number of thiophene rings is 1. The fraction of sp³-hybridized carbons (Fsp3) is 0.250. The topological polar surface area (TPSA) is 51.5 Å². The predicted molar refractivity (Wildman–Crippen MR) is 102 cm³/mol. The Morgan fingerprint density at radius 2 is 1.96 bits per heavy atom. The highest BCUT2D eigenvalue weighted by molar-refractivity contribution is 7.11. The molecule has 5 nitrogen and oxygen atoms in total. The van der Waals surface area contributed by atoms with Crippen LogP contribution in [0.1, 0.15) is 15.5 Å². The van der Waals surface area contributed by atoms with Crippen LogP contribution in [-0.2, 0) is 19.6 Å². The molecule has 0 aliphatic carbocycles. The second-order valence-corrected chi connectivity index (χ2v) is 7.66. The minimum Gasteiger partial charge on any atom is -0.468 e. The van der Waals surface area contributed by atoms with Crippen LogP contribution in [0.5, 0.6) is 0 Å². The van der Waals surface area contributed by atoms with Crippen molar-refractivity contribution in [3.8, 4) is 0 Å². The lowest BCUT2D eigenvalue weighted by atomic mass is 10.3. The summed E-state index contributed by atoms with van der Waals surface area (Å²) in [6, 6.07) is 15.7. The van der Waals surface area contributed by atoms with Gasteiger partial charge in [-0.25, -0.2) is 4.79 Å². The molecule has 0 amide bonds. The summed E-state index contributed by atoms with van der Waals surface area (Å²) in [4.78, 5) is 17.1. The molecule has 0 N–H and O–H groups in total. The molecule has 1 aromatic carbocycles. The van der Waals surface area contributed by atoms with Crippen LogP contribution in [-0.4, -0.2) is 16.0 Å². The van der Waals surface area contributed by atoms with Gasteiger partial charge in [-0.1, -0.05) is 12.1 Å². The van der Waals surface area contributed by atoms with Crippen molar-refractivity contribution in [1.82, 2.24) is 9.47 Å². The number of fused-ring (bicyclic) bond motifs is 1. The summed E-state index contributed by atoms with van der Waals surface area (Å²) in [5.41, 5.74) is 1.46. The molecule has 6 heteroatoms. The average molecular weight is 368 g/mol. The summed E-state index contributed by atoms with van der Waals surface area (Å²) in [5.74, 6) is 0.610. The molecule has 0 fully saturated rings. The van der Waals surface area contributed by atoms with Gasteiger partial charge in [0.05, 0.1) is 18.3 Å². The van der Waals surface area contributed by atoms with Gasteiger partial charge in [-0.2, -0.15) is 0 Å². The Balaban J connectivity index is 1.53. The van der Waals surface area contributed by atoms with E-state index in [0.29, 0.717) is 18.7 Å². The quantitative estimate of drug-likeness (QED) is 0.489. The first-order chi connectivity index (χ1) is 12.7. The van der Waals surface area contributed by atoms with Gasteiger partial charge < -0.3 is 8.83 Å². The van der Waals surface area contributed by atoms with E-state index in [1.54, 1.807) is 22.2 Å². The van der Waals surface area contributed by atoms with E-state index in [2.05, 4.69) is 24.0 Å². The summed E-state index contributed by atoms with van der Waals surface area (Å²) in [5, 5.41) is 0. The van der Waals surface area contributed by atoms with Crippen LogP contribution in [0.25, 0.3) is 11.1 Å². The highest BCUT2D eigenvalue weighted by Crippen LogP contribution is 2.19. The van der Waals surface area contributed by atoms with Crippen molar-refractivity contribution in [2.45, 2.75) is 26.6 Å². The lowest BCUT2D eigenvalue weighted by Gasteiger charge is -2.20. The number of furan rings is 1. The Hall–Kier alpha value is -2.57. The van der Waals surface area contributed by atoms with Crippen LogP contribution in [0.2, 0.25) is 0 Å². The Kier molecular flexibility index (Phi) is 4.77. The van der Waals surface area contributed by atoms with Crippen LogP contribution in [0, 0.1) is 6.92 Å². The molecule has 0 aliphatic heterocycles. The molecule has 0 atom stereocenters. The highest BCUT2D eigenvalue weighted by Gasteiger charge is 2.13. The minimum absolute atomic E-state index is 0.309. The third-order valence-corrected chi connectivity index (χ3v) is 5.33. The molecule has 26 heavy (non-hydrogen) atoms. The molecule has 0 unspecified atom stereocenters. The van der Waals surface area contributed by atoms with E-state index in [1.807, 2.05) is 36.4 Å². The molecule has 0 bridgehead atoms. The Morgan fingerprint density at radius 1 is 1.08 bits per heavy atom. The van der Waals surface area contributed by atoms with E-state index in [9.17, 15) is 4.79 Å². The largest absolute Gasteiger partial charge is 0.468 e. The Labute approximate surface area is 155 Å². The number of benzene rings is 1. The van der Waals surface area contributed by atoms with Gasteiger partial charge in [0.25, 0.3) is 0 Å². The van der Waals surface area contributed by atoms with E-state index in [0.717, 1.165) is 24.4 Å². The number of rotatable bonds is 7. The zero-order valence-electron chi connectivity index (χ0n) is 14.6. The summed E-state index contributed by atoms with van der Waals surface area (Å²) < 4.78 is 12.5. The van der Waals surface area contributed by atoms with Crippen LogP contribution in [0.4, 0.5) is 0 Å². The number of oxazole rings is 1. The van der Waals surface area contributed by atoms with Gasteiger partial charge in [0, 0.05) is 29.4 Å². The summed E-state index contributed by atoms with van der Waals surface area (Å²) in [7, 11) is 0. The molecular weight excluding hydrogens is 348 g/mol. The van der Waals surface area contributed by atoms with Gasteiger partial charge in [-0.05, 0) is 43.3 Å². The number of para-hydroxylation sites is 2. The van der Waals surface area contributed by atoms with Gasteiger partial charge in [-0.3, -0.25) is 9.47 Å². The number of hydrogen-bond donors (Lipinski definition) is 0. The molecule has 0 spiro atoms. The maximum atomic E-state index is 12.2. The monoisotopic (exact) mass is 368 g/mol. The normalized spacial score (nSPS) is 11.6. The number of aromatic nitrogens is 1. The zero-order chi connectivity index (χ0) is 17.9. The minimum atomic E-state index is -0.309. The van der Waals surface area contributed by atoms with E-state index >= 15 is 0 Å². The molecule has 0 aliphatic rings. The molecule has 4 rings (SSSR count). The first kappa shape index (κ1) is 16.9. The number of aryl methyl sites for hydroxylation is 1. The summed E-state index contributed by atoms with van der Waals surface area (Å²) in [6.45, 7) is 4.93. The zero-order valence-corrected chi connectivity index (χ0v) is 15.4. The van der Waals surface area contributed by atoms with Gasteiger partial charge >= 0.3 is 5.76 Å². The average Bonchev–Trinajstić information content (AvgIpc) is 3.34. The van der Waals surface area contributed by atoms with Gasteiger partial charge in [-0.15, -0.1) is 11.3 Å². The predicted octanol–water partition coefficient (Wildman–Crippen LogP) is 4.26. The van der Waals surface area contributed by atoms with E-state index < -0.39 is 0 Å².